The average molecular weight is 442 g/mol. The van der Waals surface area contributed by atoms with Crippen LogP contribution in [0.15, 0.2) is 53.7 Å². The van der Waals surface area contributed by atoms with Crippen molar-refractivity contribution in [3.8, 4) is 5.69 Å². The number of carbonyl (C=O) groups is 1. The molecule has 0 saturated heterocycles. The highest BCUT2D eigenvalue weighted by atomic mass is 35.5. The molecule has 0 atom stereocenters. The second-order valence-electron chi connectivity index (χ2n) is 6.97. The Morgan fingerprint density at radius 2 is 1.87 bits per heavy atom. The van der Waals surface area contributed by atoms with Crippen LogP contribution in [0.3, 0.4) is 0 Å². The van der Waals surface area contributed by atoms with Gasteiger partial charge in [-0.2, -0.15) is 5.10 Å². The van der Waals surface area contributed by atoms with Crippen molar-refractivity contribution in [1.29, 1.82) is 0 Å². The summed E-state index contributed by atoms with van der Waals surface area (Å²) in [6, 6.07) is 10.9. The Labute approximate surface area is 181 Å². The third-order valence-corrected chi connectivity index (χ3v) is 5.36. The van der Waals surface area contributed by atoms with E-state index in [1.54, 1.807) is 22.9 Å². The van der Waals surface area contributed by atoms with Crippen molar-refractivity contribution < 1.29 is 4.79 Å². The van der Waals surface area contributed by atoms with Gasteiger partial charge in [0.2, 0.25) is 5.91 Å². The van der Waals surface area contributed by atoms with Gasteiger partial charge in [0.05, 0.1) is 27.6 Å². The molecular weight excluding hydrogens is 425 g/mol. The molecule has 2 aromatic carbocycles. The van der Waals surface area contributed by atoms with E-state index in [1.165, 1.54) is 17.1 Å². The lowest BCUT2D eigenvalue weighted by molar-refractivity contribution is -0.116. The topological polar surface area (TPSA) is 81.8 Å². The lowest BCUT2D eigenvalue weighted by Crippen LogP contribution is -2.28. The van der Waals surface area contributed by atoms with Crippen molar-refractivity contribution in [2.75, 3.05) is 5.32 Å². The minimum absolute atomic E-state index is 0.223. The van der Waals surface area contributed by atoms with E-state index < -0.39 is 5.91 Å². The standard InChI is InChI=1S/C21H17Cl2N5O2/c1-12-6-13(2)8-14(7-12)28-20-15(9-25-28)21(30)27(11-24-20)10-18(29)26-17-5-3-4-16(22)19(17)23/h3-9,11H,10H2,1-2H3,(H,26,29). The lowest BCUT2D eigenvalue weighted by Gasteiger charge is -2.10. The number of nitrogens with zero attached hydrogens (tertiary/aromatic N) is 4. The molecule has 0 spiro atoms. The van der Waals surface area contributed by atoms with Gasteiger partial charge in [-0.25, -0.2) is 9.67 Å². The number of benzene rings is 2. The van der Waals surface area contributed by atoms with Crippen LogP contribution in [0.1, 0.15) is 11.1 Å². The fourth-order valence-electron chi connectivity index (χ4n) is 3.27. The third kappa shape index (κ3) is 3.81. The molecule has 4 rings (SSSR count). The van der Waals surface area contributed by atoms with Gasteiger partial charge in [-0.3, -0.25) is 14.2 Å². The molecule has 0 aliphatic carbocycles. The van der Waals surface area contributed by atoms with Gasteiger partial charge in [0.15, 0.2) is 5.65 Å². The number of rotatable bonds is 4. The van der Waals surface area contributed by atoms with E-state index in [0.29, 0.717) is 21.7 Å². The zero-order valence-electron chi connectivity index (χ0n) is 16.2. The van der Waals surface area contributed by atoms with Gasteiger partial charge < -0.3 is 5.32 Å². The summed E-state index contributed by atoms with van der Waals surface area (Å²) < 4.78 is 2.84. The van der Waals surface area contributed by atoms with Crippen LogP contribution in [0, 0.1) is 13.8 Å². The van der Waals surface area contributed by atoms with Crippen LogP contribution in [-0.2, 0) is 11.3 Å². The summed E-state index contributed by atoms with van der Waals surface area (Å²) in [5.74, 6) is -0.427. The summed E-state index contributed by atoms with van der Waals surface area (Å²) in [4.78, 5) is 29.6. The number of halogens is 2. The molecule has 9 heteroatoms. The van der Waals surface area contributed by atoms with Crippen molar-refractivity contribution in [3.63, 3.8) is 0 Å². The van der Waals surface area contributed by atoms with Gasteiger partial charge in [0.1, 0.15) is 18.3 Å². The van der Waals surface area contributed by atoms with E-state index in [4.69, 9.17) is 23.2 Å². The summed E-state index contributed by atoms with van der Waals surface area (Å²) in [6.45, 7) is 3.76. The van der Waals surface area contributed by atoms with Gasteiger partial charge in [-0.15, -0.1) is 0 Å². The smallest absolute Gasteiger partial charge is 0.264 e. The first-order chi connectivity index (χ1) is 14.3. The fourth-order valence-corrected chi connectivity index (χ4v) is 3.62. The SMILES string of the molecule is Cc1cc(C)cc(-n2ncc3c(=O)n(CC(=O)Nc4cccc(Cl)c4Cl)cnc32)c1. The van der Waals surface area contributed by atoms with Crippen LogP contribution < -0.4 is 10.9 Å². The Bertz CT molecular complexity index is 1320. The number of carbonyl (C=O) groups excluding carboxylic acids is 1. The van der Waals surface area contributed by atoms with Gasteiger partial charge in [0, 0.05) is 0 Å². The van der Waals surface area contributed by atoms with Crippen LogP contribution in [0.5, 0.6) is 0 Å². The maximum atomic E-state index is 12.9. The first-order valence-corrected chi connectivity index (χ1v) is 9.85. The number of fused-ring (bicyclic) bond motifs is 1. The van der Waals surface area contributed by atoms with Crippen molar-refractivity contribution in [2.45, 2.75) is 20.4 Å². The molecule has 0 aliphatic heterocycles. The van der Waals surface area contributed by atoms with E-state index >= 15 is 0 Å². The summed E-state index contributed by atoms with van der Waals surface area (Å²) >= 11 is 12.1. The number of anilines is 1. The Hall–Kier alpha value is -3.16. The Morgan fingerprint density at radius 3 is 2.60 bits per heavy atom. The zero-order valence-corrected chi connectivity index (χ0v) is 17.7. The maximum absolute atomic E-state index is 12.9. The van der Waals surface area contributed by atoms with Crippen molar-refractivity contribution in [2.24, 2.45) is 0 Å². The number of amides is 1. The summed E-state index contributed by atoms with van der Waals surface area (Å²) in [5.41, 5.74) is 3.43. The maximum Gasteiger partial charge on any atom is 0.264 e. The molecule has 0 unspecified atom stereocenters. The third-order valence-electron chi connectivity index (χ3n) is 4.55. The molecule has 1 N–H and O–H groups in total. The summed E-state index contributed by atoms with van der Waals surface area (Å²) in [5, 5.41) is 7.87. The quantitative estimate of drug-likeness (QED) is 0.515. The predicted molar refractivity (Wildman–Crippen MR) is 118 cm³/mol. The molecule has 0 aliphatic rings. The zero-order chi connectivity index (χ0) is 21.4. The first-order valence-electron chi connectivity index (χ1n) is 9.09. The fraction of sp³-hybridized carbons (Fsp3) is 0.143. The van der Waals surface area contributed by atoms with E-state index in [0.717, 1.165) is 16.8 Å². The number of aromatic nitrogens is 4. The van der Waals surface area contributed by atoms with Crippen LogP contribution in [0.4, 0.5) is 5.69 Å². The number of hydrogen-bond acceptors (Lipinski definition) is 4. The predicted octanol–water partition coefficient (Wildman–Crippen LogP) is 4.14. The van der Waals surface area contributed by atoms with E-state index in [1.807, 2.05) is 26.0 Å². The van der Waals surface area contributed by atoms with Gasteiger partial charge in [-0.1, -0.05) is 35.3 Å². The van der Waals surface area contributed by atoms with Crippen LogP contribution in [0.25, 0.3) is 16.7 Å². The van der Waals surface area contributed by atoms with E-state index in [9.17, 15) is 9.59 Å². The molecule has 0 saturated carbocycles. The Balaban J connectivity index is 1.64. The number of aryl methyl sites for hydroxylation is 2. The van der Waals surface area contributed by atoms with E-state index in [2.05, 4.69) is 21.5 Å². The molecule has 7 nitrogen and oxygen atoms in total. The Morgan fingerprint density at radius 1 is 1.13 bits per heavy atom. The number of hydrogen-bond donors (Lipinski definition) is 1. The molecule has 0 bridgehead atoms. The largest absolute Gasteiger partial charge is 0.323 e. The second kappa shape index (κ2) is 7.93. The molecule has 30 heavy (non-hydrogen) atoms. The minimum atomic E-state index is -0.427. The van der Waals surface area contributed by atoms with Crippen LogP contribution in [0.2, 0.25) is 10.0 Å². The average Bonchev–Trinajstić information content (AvgIpc) is 3.12. The molecule has 0 fully saturated rings. The van der Waals surface area contributed by atoms with E-state index in [-0.39, 0.29) is 17.1 Å². The molecule has 4 aromatic rings. The summed E-state index contributed by atoms with van der Waals surface area (Å²) in [7, 11) is 0. The minimum Gasteiger partial charge on any atom is -0.323 e. The van der Waals surface area contributed by atoms with Crippen LogP contribution in [-0.4, -0.2) is 25.2 Å². The highest BCUT2D eigenvalue weighted by molar-refractivity contribution is 6.43. The van der Waals surface area contributed by atoms with Crippen molar-refractivity contribution >= 4 is 45.8 Å². The lowest BCUT2D eigenvalue weighted by atomic mass is 10.1. The molecular formula is C21H17Cl2N5O2. The summed E-state index contributed by atoms with van der Waals surface area (Å²) in [6.07, 6.45) is 2.80. The monoisotopic (exact) mass is 441 g/mol. The van der Waals surface area contributed by atoms with Crippen LogP contribution >= 0.6 is 23.2 Å². The molecule has 2 aromatic heterocycles. The normalized spacial score (nSPS) is 11.1. The van der Waals surface area contributed by atoms with Gasteiger partial charge in [-0.05, 0) is 49.2 Å². The Kier molecular flexibility index (Phi) is 5.32. The molecule has 2 heterocycles. The molecule has 0 radical (unpaired) electrons. The highest BCUT2D eigenvalue weighted by Crippen LogP contribution is 2.29. The van der Waals surface area contributed by atoms with Crippen molar-refractivity contribution in [1.82, 2.24) is 19.3 Å². The van der Waals surface area contributed by atoms with Gasteiger partial charge >= 0.3 is 0 Å². The molecule has 1 amide bonds. The highest BCUT2D eigenvalue weighted by Gasteiger charge is 2.15. The molecule has 152 valence electrons. The first kappa shape index (κ1) is 20.1. The number of nitrogens with one attached hydrogen (secondary N) is 1. The van der Waals surface area contributed by atoms with Gasteiger partial charge in [0.25, 0.3) is 5.56 Å². The second-order valence-corrected chi connectivity index (χ2v) is 7.75. The van der Waals surface area contributed by atoms with Crippen molar-refractivity contribution in [3.05, 3.63) is 80.4 Å².